The molecule has 2 aromatic carbocycles. The number of rotatable bonds is 5. The van der Waals surface area contributed by atoms with Crippen molar-refractivity contribution in [2.45, 2.75) is 12.3 Å². The van der Waals surface area contributed by atoms with Crippen LogP contribution in [0, 0.1) is 0 Å². The normalized spacial score (nSPS) is 12.6. The Labute approximate surface area is 110 Å². The van der Waals surface area contributed by atoms with Crippen molar-refractivity contribution in [3.05, 3.63) is 71.8 Å². The van der Waals surface area contributed by atoms with Crippen LogP contribution in [0.15, 0.2) is 60.7 Å². The molecule has 0 aromatic heterocycles. The Bertz CT molecular complexity index is 448. The van der Waals surface area contributed by atoms with Crippen LogP contribution in [0.25, 0.3) is 0 Å². The Morgan fingerprint density at radius 3 is 1.94 bits per heavy atom. The van der Waals surface area contributed by atoms with Gasteiger partial charge in [-0.1, -0.05) is 60.7 Å². The van der Waals surface area contributed by atoms with Crippen molar-refractivity contribution in [2.75, 3.05) is 20.6 Å². The molecule has 0 saturated carbocycles. The summed E-state index contributed by atoms with van der Waals surface area (Å²) in [5.74, 6) is 0.559. The predicted octanol–water partition coefficient (Wildman–Crippen LogP) is 3.57. The minimum Gasteiger partial charge on any atom is -0.309 e. The summed E-state index contributed by atoms with van der Waals surface area (Å²) in [7, 11) is 4.28. The summed E-state index contributed by atoms with van der Waals surface area (Å²) in [6.07, 6.45) is 1.10. The van der Waals surface area contributed by atoms with E-state index in [2.05, 4.69) is 79.7 Å². The Balaban J connectivity index is 2.16. The fourth-order valence-corrected chi connectivity index (χ4v) is 2.35. The van der Waals surface area contributed by atoms with Gasteiger partial charge < -0.3 is 4.90 Å². The zero-order chi connectivity index (χ0) is 12.8. The van der Waals surface area contributed by atoms with Crippen LogP contribution in [0.1, 0.15) is 17.0 Å². The van der Waals surface area contributed by atoms with Gasteiger partial charge in [-0.3, -0.25) is 0 Å². The van der Waals surface area contributed by atoms with Crippen molar-refractivity contribution in [1.29, 1.82) is 0 Å². The topological polar surface area (TPSA) is 3.24 Å². The maximum absolute atomic E-state index is 2.26. The molecule has 0 heterocycles. The lowest BCUT2D eigenvalue weighted by atomic mass is 9.91. The van der Waals surface area contributed by atoms with Crippen molar-refractivity contribution in [3.63, 3.8) is 0 Å². The van der Waals surface area contributed by atoms with Crippen LogP contribution in [-0.2, 0) is 6.42 Å². The monoisotopic (exact) mass is 239 g/mol. The molecule has 0 fully saturated rings. The maximum Gasteiger partial charge on any atom is 0.00474 e. The highest BCUT2D eigenvalue weighted by molar-refractivity contribution is 5.24. The molecule has 0 N–H and O–H groups in total. The molecule has 18 heavy (non-hydrogen) atoms. The minimum atomic E-state index is 0.559. The summed E-state index contributed by atoms with van der Waals surface area (Å²) in [4.78, 5) is 2.26. The third-order valence-electron chi connectivity index (χ3n) is 3.18. The number of hydrogen-bond donors (Lipinski definition) is 0. The Kier molecular flexibility index (Phi) is 4.54. The van der Waals surface area contributed by atoms with Gasteiger partial charge in [0, 0.05) is 12.5 Å². The number of benzene rings is 2. The standard InChI is InChI=1S/C17H21N/c1-18(2)14-17(16-11-7-4-8-12-16)13-15-9-5-3-6-10-15/h3-12,17H,13-14H2,1-2H3/t17-/m0/s1. The number of nitrogens with zero attached hydrogens (tertiary/aromatic N) is 1. The maximum atomic E-state index is 2.26. The summed E-state index contributed by atoms with van der Waals surface area (Å²) < 4.78 is 0. The highest BCUT2D eigenvalue weighted by Crippen LogP contribution is 2.21. The second-order valence-electron chi connectivity index (χ2n) is 5.06. The molecule has 0 aliphatic rings. The van der Waals surface area contributed by atoms with Gasteiger partial charge in [-0.15, -0.1) is 0 Å². The van der Waals surface area contributed by atoms with E-state index in [0.29, 0.717) is 5.92 Å². The second kappa shape index (κ2) is 6.36. The summed E-state index contributed by atoms with van der Waals surface area (Å²) in [6, 6.07) is 21.5. The molecule has 0 amide bonds. The smallest absolute Gasteiger partial charge is 0.00474 e. The Morgan fingerprint density at radius 2 is 1.39 bits per heavy atom. The molecule has 0 radical (unpaired) electrons. The van der Waals surface area contributed by atoms with E-state index in [9.17, 15) is 0 Å². The molecule has 0 unspecified atom stereocenters. The summed E-state index contributed by atoms with van der Waals surface area (Å²) in [5, 5.41) is 0. The first-order valence-electron chi connectivity index (χ1n) is 6.49. The van der Waals surface area contributed by atoms with Crippen LogP contribution in [0.3, 0.4) is 0 Å². The van der Waals surface area contributed by atoms with Crippen LogP contribution in [0.2, 0.25) is 0 Å². The van der Waals surface area contributed by atoms with Crippen LogP contribution in [0.5, 0.6) is 0 Å². The summed E-state index contributed by atoms with van der Waals surface area (Å²) >= 11 is 0. The van der Waals surface area contributed by atoms with E-state index in [1.807, 2.05) is 0 Å². The molecular weight excluding hydrogens is 218 g/mol. The molecular formula is C17H21N. The molecule has 0 aliphatic carbocycles. The molecule has 0 spiro atoms. The van der Waals surface area contributed by atoms with Crippen molar-refractivity contribution in [2.24, 2.45) is 0 Å². The molecule has 94 valence electrons. The van der Waals surface area contributed by atoms with Gasteiger partial charge in [-0.25, -0.2) is 0 Å². The van der Waals surface area contributed by atoms with E-state index in [-0.39, 0.29) is 0 Å². The van der Waals surface area contributed by atoms with Crippen molar-refractivity contribution < 1.29 is 0 Å². The van der Waals surface area contributed by atoms with Crippen molar-refractivity contribution >= 4 is 0 Å². The number of likely N-dealkylation sites (N-methyl/N-ethyl adjacent to an activating group) is 1. The van der Waals surface area contributed by atoms with E-state index in [1.165, 1.54) is 11.1 Å². The number of hydrogen-bond acceptors (Lipinski definition) is 1. The van der Waals surface area contributed by atoms with E-state index in [4.69, 9.17) is 0 Å². The third kappa shape index (κ3) is 3.71. The van der Waals surface area contributed by atoms with Crippen LogP contribution in [-0.4, -0.2) is 25.5 Å². The lowest BCUT2D eigenvalue weighted by Crippen LogP contribution is -2.21. The molecule has 0 bridgehead atoms. The van der Waals surface area contributed by atoms with Gasteiger partial charge in [0.25, 0.3) is 0 Å². The Hall–Kier alpha value is -1.60. The van der Waals surface area contributed by atoms with E-state index in [0.717, 1.165) is 13.0 Å². The molecule has 0 aliphatic heterocycles. The van der Waals surface area contributed by atoms with Crippen LogP contribution in [0.4, 0.5) is 0 Å². The first-order valence-corrected chi connectivity index (χ1v) is 6.49. The molecule has 1 atom stereocenters. The Morgan fingerprint density at radius 1 is 0.833 bits per heavy atom. The van der Waals surface area contributed by atoms with E-state index >= 15 is 0 Å². The van der Waals surface area contributed by atoms with Gasteiger partial charge in [0.1, 0.15) is 0 Å². The van der Waals surface area contributed by atoms with Gasteiger partial charge >= 0.3 is 0 Å². The lowest BCUT2D eigenvalue weighted by molar-refractivity contribution is 0.371. The predicted molar refractivity (Wildman–Crippen MR) is 77.9 cm³/mol. The molecule has 1 nitrogen and oxygen atoms in total. The average molecular weight is 239 g/mol. The quantitative estimate of drug-likeness (QED) is 0.771. The van der Waals surface area contributed by atoms with E-state index in [1.54, 1.807) is 0 Å². The highest BCUT2D eigenvalue weighted by Gasteiger charge is 2.12. The zero-order valence-electron chi connectivity index (χ0n) is 11.2. The fraction of sp³-hybridized carbons (Fsp3) is 0.294. The average Bonchev–Trinajstić information content (AvgIpc) is 2.40. The highest BCUT2D eigenvalue weighted by atomic mass is 15.1. The van der Waals surface area contributed by atoms with Gasteiger partial charge in [0.2, 0.25) is 0 Å². The fourth-order valence-electron chi connectivity index (χ4n) is 2.35. The van der Waals surface area contributed by atoms with Gasteiger partial charge in [-0.2, -0.15) is 0 Å². The van der Waals surface area contributed by atoms with Gasteiger partial charge in [0.05, 0.1) is 0 Å². The minimum absolute atomic E-state index is 0.559. The molecule has 1 heteroatoms. The molecule has 2 aromatic rings. The first-order chi connectivity index (χ1) is 8.75. The largest absolute Gasteiger partial charge is 0.309 e. The SMILES string of the molecule is CN(C)C[C@H](Cc1ccccc1)c1ccccc1. The summed E-state index contributed by atoms with van der Waals surface area (Å²) in [6.45, 7) is 1.08. The zero-order valence-corrected chi connectivity index (χ0v) is 11.2. The van der Waals surface area contributed by atoms with Crippen molar-refractivity contribution in [1.82, 2.24) is 4.90 Å². The van der Waals surface area contributed by atoms with Gasteiger partial charge in [0.15, 0.2) is 0 Å². The van der Waals surface area contributed by atoms with Crippen LogP contribution >= 0.6 is 0 Å². The van der Waals surface area contributed by atoms with Gasteiger partial charge in [-0.05, 0) is 31.6 Å². The summed E-state index contributed by atoms with van der Waals surface area (Å²) in [5.41, 5.74) is 2.84. The molecule has 0 saturated heterocycles. The van der Waals surface area contributed by atoms with Crippen LogP contribution < -0.4 is 0 Å². The first kappa shape index (κ1) is 12.8. The van der Waals surface area contributed by atoms with E-state index < -0.39 is 0 Å². The van der Waals surface area contributed by atoms with Crippen molar-refractivity contribution in [3.8, 4) is 0 Å². The lowest BCUT2D eigenvalue weighted by Gasteiger charge is -2.21. The second-order valence-corrected chi connectivity index (χ2v) is 5.06. The molecule has 2 rings (SSSR count). The third-order valence-corrected chi connectivity index (χ3v) is 3.18.